The van der Waals surface area contributed by atoms with E-state index in [1.807, 2.05) is 48.5 Å². The highest BCUT2D eigenvalue weighted by atomic mass is 35.5. The molecule has 0 atom stereocenters. The van der Waals surface area contributed by atoms with Gasteiger partial charge in [0.2, 0.25) is 0 Å². The summed E-state index contributed by atoms with van der Waals surface area (Å²) in [5.74, 6) is 1.05. The molecule has 0 fully saturated rings. The number of aromatic nitrogens is 1. The molecule has 2 aromatic carbocycles. The predicted molar refractivity (Wildman–Crippen MR) is 111 cm³/mol. The second kappa shape index (κ2) is 9.02. The average molecular weight is 401 g/mol. The molecule has 6 heteroatoms. The van der Waals surface area contributed by atoms with Crippen molar-refractivity contribution in [1.29, 1.82) is 0 Å². The highest BCUT2D eigenvalue weighted by Gasteiger charge is 2.12. The lowest BCUT2D eigenvalue weighted by atomic mass is 10.2. The zero-order chi connectivity index (χ0) is 19.2. The normalized spacial score (nSPS) is 10.8. The standard InChI is InChI=1S/C21H21ClN2O2S/c1-14(2)11-23-20(25)19-13-27-21(24-19)16-6-8-18(9-7-16)26-12-15-4-3-5-17(22)10-15/h3-10,13-14H,11-12H2,1-2H3,(H,23,25). The maximum Gasteiger partial charge on any atom is 0.270 e. The number of hydrogen-bond acceptors (Lipinski definition) is 4. The van der Waals surface area contributed by atoms with Crippen LogP contribution in [0.2, 0.25) is 5.02 Å². The number of hydrogen-bond donors (Lipinski definition) is 1. The van der Waals surface area contributed by atoms with Crippen LogP contribution in [0.4, 0.5) is 0 Å². The number of carbonyl (C=O) groups excluding carboxylic acids is 1. The molecule has 140 valence electrons. The van der Waals surface area contributed by atoms with Crippen LogP contribution in [0.3, 0.4) is 0 Å². The van der Waals surface area contributed by atoms with Crippen molar-refractivity contribution in [2.24, 2.45) is 5.92 Å². The van der Waals surface area contributed by atoms with E-state index in [1.165, 1.54) is 11.3 Å². The molecule has 3 aromatic rings. The molecule has 1 heterocycles. The van der Waals surface area contributed by atoms with Gasteiger partial charge in [-0.1, -0.05) is 37.6 Å². The zero-order valence-corrected chi connectivity index (χ0v) is 16.8. The Morgan fingerprint density at radius 3 is 2.70 bits per heavy atom. The third-order valence-corrected chi connectivity index (χ3v) is 4.93. The largest absolute Gasteiger partial charge is 0.489 e. The number of thiazole rings is 1. The first-order valence-corrected chi connectivity index (χ1v) is 9.98. The molecule has 0 aliphatic heterocycles. The maximum absolute atomic E-state index is 12.1. The molecule has 0 saturated carbocycles. The van der Waals surface area contributed by atoms with E-state index >= 15 is 0 Å². The van der Waals surface area contributed by atoms with E-state index < -0.39 is 0 Å². The summed E-state index contributed by atoms with van der Waals surface area (Å²) in [4.78, 5) is 16.5. The molecule has 1 aromatic heterocycles. The van der Waals surface area contributed by atoms with Crippen LogP contribution < -0.4 is 10.1 Å². The fraction of sp³-hybridized carbons (Fsp3) is 0.238. The van der Waals surface area contributed by atoms with Crippen LogP contribution in [0.15, 0.2) is 53.9 Å². The van der Waals surface area contributed by atoms with Gasteiger partial charge in [0.05, 0.1) is 0 Å². The smallest absolute Gasteiger partial charge is 0.270 e. The van der Waals surface area contributed by atoms with Gasteiger partial charge in [-0.05, 0) is 47.9 Å². The van der Waals surface area contributed by atoms with Gasteiger partial charge in [0.25, 0.3) is 5.91 Å². The molecule has 0 aliphatic carbocycles. The Bertz CT molecular complexity index is 907. The van der Waals surface area contributed by atoms with Crippen molar-refractivity contribution in [1.82, 2.24) is 10.3 Å². The van der Waals surface area contributed by atoms with Gasteiger partial charge in [-0.25, -0.2) is 4.98 Å². The van der Waals surface area contributed by atoms with E-state index in [0.717, 1.165) is 21.9 Å². The molecular weight excluding hydrogens is 380 g/mol. The van der Waals surface area contributed by atoms with Crippen LogP contribution in [-0.2, 0) is 6.61 Å². The minimum Gasteiger partial charge on any atom is -0.489 e. The zero-order valence-electron chi connectivity index (χ0n) is 15.2. The monoisotopic (exact) mass is 400 g/mol. The van der Waals surface area contributed by atoms with Gasteiger partial charge in [-0.3, -0.25) is 4.79 Å². The van der Waals surface area contributed by atoms with E-state index in [-0.39, 0.29) is 5.91 Å². The Hall–Kier alpha value is -2.37. The number of amides is 1. The van der Waals surface area contributed by atoms with Crippen molar-refractivity contribution in [3.8, 4) is 16.3 Å². The molecule has 0 spiro atoms. The summed E-state index contributed by atoms with van der Waals surface area (Å²) in [5, 5.41) is 6.18. The minimum atomic E-state index is -0.132. The molecule has 0 bridgehead atoms. The SMILES string of the molecule is CC(C)CNC(=O)c1csc(-c2ccc(OCc3cccc(Cl)c3)cc2)n1. The third kappa shape index (κ3) is 5.55. The van der Waals surface area contributed by atoms with Gasteiger partial charge in [0, 0.05) is 22.5 Å². The second-order valence-electron chi connectivity index (χ2n) is 6.58. The highest BCUT2D eigenvalue weighted by molar-refractivity contribution is 7.13. The molecule has 0 aliphatic rings. The van der Waals surface area contributed by atoms with Crippen molar-refractivity contribution in [2.75, 3.05) is 6.54 Å². The molecule has 1 amide bonds. The molecular formula is C21H21ClN2O2S. The summed E-state index contributed by atoms with van der Waals surface area (Å²) < 4.78 is 5.80. The van der Waals surface area contributed by atoms with Crippen molar-refractivity contribution in [3.05, 3.63) is 70.2 Å². The number of halogens is 1. The summed E-state index contributed by atoms with van der Waals surface area (Å²) in [7, 11) is 0. The Balaban J connectivity index is 1.61. The van der Waals surface area contributed by atoms with Crippen LogP contribution in [0.25, 0.3) is 10.6 Å². The van der Waals surface area contributed by atoms with Gasteiger partial charge in [-0.15, -0.1) is 11.3 Å². The summed E-state index contributed by atoms with van der Waals surface area (Å²) in [6, 6.07) is 15.3. The molecule has 0 saturated heterocycles. The molecule has 0 radical (unpaired) electrons. The maximum atomic E-state index is 12.1. The lowest BCUT2D eigenvalue weighted by molar-refractivity contribution is 0.0945. The Kier molecular flexibility index (Phi) is 6.48. The fourth-order valence-corrected chi connectivity index (χ4v) is 3.40. The van der Waals surface area contributed by atoms with E-state index in [2.05, 4.69) is 24.1 Å². The fourth-order valence-electron chi connectivity index (χ4n) is 2.39. The van der Waals surface area contributed by atoms with Crippen molar-refractivity contribution < 1.29 is 9.53 Å². The lowest BCUT2D eigenvalue weighted by Crippen LogP contribution is -2.27. The van der Waals surface area contributed by atoms with Crippen molar-refractivity contribution in [2.45, 2.75) is 20.5 Å². The summed E-state index contributed by atoms with van der Waals surface area (Å²) in [6.07, 6.45) is 0. The van der Waals surface area contributed by atoms with E-state index in [4.69, 9.17) is 16.3 Å². The number of benzene rings is 2. The van der Waals surface area contributed by atoms with Gasteiger partial charge in [0.1, 0.15) is 23.1 Å². The lowest BCUT2D eigenvalue weighted by Gasteiger charge is -2.07. The summed E-state index contributed by atoms with van der Waals surface area (Å²) in [6.45, 7) is 5.22. The molecule has 1 N–H and O–H groups in total. The first kappa shape index (κ1) is 19.4. The van der Waals surface area contributed by atoms with Gasteiger partial charge < -0.3 is 10.1 Å². The predicted octanol–water partition coefficient (Wildman–Crippen LogP) is 5.43. The quantitative estimate of drug-likeness (QED) is 0.575. The Labute approximate surface area is 168 Å². The van der Waals surface area contributed by atoms with Crippen LogP contribution in [-0.4, -0.2) is 17.4 Å². The summed E-state index contributed by atoms with van der Waals surface area (Å²) in [5.41, 5.74) is 2.43. The van der Waals surface area contributed by atoms with Crippen molar-refractivity contribution in [3.63, 3.8) is 0 Å². The molecule has 4 nitrogen and oxygen atoms in total. The topological polar surface area (TPSA) is 51.2 Å². The number of ether oxygens (including phenoxy) is 1. The Morgan fingerprint density at radius 2 is 2.00 bits per heavy atom. The first-order valence-electron chi connectivity index (χ1n) is 8.72. The molecule has 0 unspecified atom stereocenters. The second-order valence-corrected chi connectivity index (χ2v) is 7.88. The molecule has 27 heavy (non-hydrogen) atoms. The number of rotatable bonds is 7. The minimum absolute atomic E-state index is 0.132. The first-order chi connectivity index (χ1) is 13.0. The highest BCUT2D eigenvalue weighted by Crippen LogP contribution is 2.26. The van der Waals surface area contributed by atoms with E-state index in [9.17, 15) is 4.79 Å². The van der Waals surface area contributed by atoms with Crippen molar-refractivity contribution >= 4 is 28.8 Å². The average Bonchev–Trinajstić information content (AvgIpc) is 3.15. The van der Waals surface area contributed by atoms with E-state index in [0.29, 0.717) is 29.8 Å². The number of nitrogens with zero attached hydrogens (tertiary/aromatic N) is 1. The van der Waals surface area contributed by atoms with Gasteiger partial charge in [0.15, 0.2) is 0 Å². The molecule has 3 rings (SSSR count). The van der Waals surface area contributed by atoms with Crippen LogP contribution >= 0.6 is 22.9 Å². The van der Waals surface area contributed by atoms with Crippen LogP contribution in [0, 0.1) is 5.92 Å². The number of nitrogens with one attached hydrogen (secondary N) is 1. The Morgan fingerprint density at radius 1 is 1.22 bits per heavy atom. The summed E-state index contributed by atoms with van der Waals surface area (Å²) >= 11 is 7.44. The van der Waals surface area contributed by atoms with Crippen LogP contribution in [0.5, 0.6) is 5.75 Å². The number of carbonyl (C=O) groups is 1. The van der Waals surface area contributed by atoms with Gasteiger partial charge in [-0.2, -0.15) is 0 Å². The van der Waals surface area contributed by atoms with E-state index in [1.54, 1.807) is 5.38 Å². The van der Waals surface area contributed by atoms with Crippen LogP contribution in [0.1, 0.15) is 29.9 Å². The van der Waals surface area contributed by atoms with Gasteiger partial charge >= 0.3 is 0 Å². The third-order valence-electron chi connectivity index (χ3n) is 3.80.